The Hall–Kier alpha value is -2.83. The van der Waals surface area contributed by atoms with Crippen LogP contribution in [-0.2, 0) is 11.3 Å². The number of anilines is 1. The Labute approximate surface area is 128 Å². The van der Waals surface area contributed by atoms with Crippen LogP contribution in [-0.4, -0.2) is 47.3 Å². The number of amides is 3. The molecule has 2 aromatic rings. The molecule has 22 heavy (non-hydrogen) atoms. The molecule has 0 bridgehead atoms. The van der Waals surface area contributed by atoms with Crippen LogP contribution in [0.4, 0.5) is 10.5 Å². The van der Waals surface area contributed by atoms with E-state index in [1.54, 1.807) is 13.2 Å². The van der Waals surface area contributed by atoms with Crippen molar-refractivity contribution in [2.45, 2.75) is 6.54 Å². The lowest BCUT2D eigenvalue weighted by atomic mass is 10.2. The van der Waals surface area contributed by atoms with Crippen molar-refractivity contribution in [2.75, 3.05) is 26.0 Å². The maximum atomic E-state index is 11.9. The second-order valence-corrected chi connectivity index (χ2v) is 4.86. The Balaban J connectivity index is 1.90. The summed E-state index contributed by atoms with van der Waals surface area (Å²) in [5, 5.41) is 9.36. The number of likely N-dealkylation sites (N-methyl/N-ethyl adjacent to an activating group) is 2. The van der Waals surface area contributed by atoms with Gasteiger partial charge in [0.2, 0.25) is 5.91 Å². The molecule has 0 unspecified atom stereocenters. The van der Waals surface area contributed by atoms with Gasteiger partial charge in [0, 0.05) is 32.2 Å². The zero-order valence-corrected chi connectivity index (χ0v) is 12.6. The topological polar surface area (TPSA) is 79.3 Å². The van der Waals surface area contributed by atoms with E-state index < -0.39 is 0 Å². The fourth-order valence-electron chi connectivity index (χ4n) is 1.86. The highest BCUT2D eigenvalue weighted by atomic mass is 16.2. The third-order valence-corrected chi connectivity index (χ3v) is 3.12. The average molecular weight is 301 g/mol. The number of carbonyl (C=O) groups is 2. The monoisotopic (exact) mass is 301 g/mol. The lowest BCUT2D eigenvalue weighted by Crippen LogP contribution is -2.39. The standard InChI is InChI=1S/C15H19N5O2/c1-16-14(21)11-19(2)15(22)18-13-6-4-12(5-7-13)10-20-9-3-8-17-20/h3-9H,10-11H2,1-2H3,(H,16,21)(H,18,22). The highest BCUT2D eigenvalue weighted by molar-refractivity contribution is 5.92. The Morgan fingerprint density at radius 3 is 2.59 bits per heavy atom. The molecule has 3 amide bonds. The first-order valence-electron chi connectivity index (χ1n) is 6.87. The van der Waals surface area contributed by atoms with Crippen LogP contribution < -0.4 is 10.6 Å². The van der Waals surface area contributed by atoms with E-state index in [0.29, 0.717) is 12.2 Å². The third-order valence-electron chi connectivity index (χ3n) is 3.12. The zero-order valence-electron chi connectivity index (χ0n) is 12.6. The second kappa shape index (κ2) is 7.26. The maximum Gasteiger partial charge on any atom is 0.322 e. The quantitative estimate of drug-likeness (QED) is 0.869. The van der Waals surface area contributed by atoms with Crippen molar-refractivity contribution in [3.05, 3.63) is 48.3 Å². The van der Waals surface area contributed by atoms with E-state index in [1.807, 2.05) is 41.2 Å². The van der Waals surface area contributed by atoms with E-state index in [2.05, 4.69) is 15.7 Å². The van der Waals surface area contributed by atoms with Gasteiger partial charge < -0.3 is 15.5 Å². The first-order chi connectivity index (χ1) is 10.6. The highest BCUT2D eigenvalue weighted by Crippen LogP contribution is 2.11. The fraction of sp³-hybridized carbons (Fsp3) is 0.267. The summed E-state index contributed by atoms with van der Waals surface area (Å²) in [6.45, 7) is 0.692. The summed E-state index contributed by atoms with van der Waals surface area (Å²) >= 11 is 0. The van der Waals surface area contributed by atoms with Crippen molar-refractivity contribution in [1.29, 1.82) is 0 Å². The first kappa shape index (κ1) is 15.6. The van der Waals surface area contributed by atoms with Crippen molar-refractivity contribution < 1.29 is 9.59 Å². The van der Waals surface area contributed by atoms with Gasteiger partial charge in [-0.05, 0) is 23.8 Å². The van der Waals surface area contributed by atoms with Gasteiger partial charge in [-0.15, -0.1) is 0 Å². The van der Waals surface area contributed by atoms with Gasteiger partial charge in [0.1, 0.15) is 6.54 Å². The van der Waals surface area contributed by atoms with Crippen LogP contribution in [0.25, 0.3) is 0 Å². The molecule has 7 nitrogen and oxygen atoms in total. The number of hydrogen-bond donors (Lipinski definition) is 2. The van der Waals surface area contributed by atoms with Crippen molar-refractivity contribution >= 4 is 17.6 Å². The Morgan fingerprint density at radius 1 is 1.27 bits per heavy atom. The van der Waals surface area contributed by atoms with E-state index in [1.165, 1.54) is 11.9 Å². The molecule has 7 heteroatoms. The minimum atomic E-state index is -0.330. The van der Waals surface area contributed by atoms with E-state index in [9.17, 15) is 9.59 Å². The summed E-state index contributed by atoms with van der Waals surface area (Å²) in [6, 6.07) is 9.04. The van der Waals surface area contributed by atoms with Gasteiger partial charge in [-0.3, -0.25) is 9.48 Å². The van der Waals surface area contributed by atoms with Gasteiger partial charge >= 0.3 is 6.03 Å². The maximum absolute atomic E-state index is 11.9. The Kier molecular flexibility index (Phi) is 5.13. The van der Waals surface area contributed by atoms with Crippen LogP contribution in [0.1, 0.15) is 5.56 Å². The molecule has 0 saturated carbocycles. The number of aromatic nitrogens is 2. The number of hydrogen-bond acceptors (Lipinski definition) is 3. The van der Waals surface area contributed by atoms with E-state index in [0.717, 1.165) is 5.56 Å². The van der Waals surface area contributed by atoms with Crippen LogP contribution in [0.5, 0.6) is 0 Å². The molecule has 0 radical (unpaired) electrons. The molecule has 2 N–H and O–H groups in total. The van der Waals surface area contributed by atoms with Gasteiger partial charge in [0.15, 0.2) is 0 Å². The minimum Gasteiger partial charge on any atom is -0.358 e. The first-order valence-corrected chi connectivity index (χ1v) is 6.87. The van der Waals surface area contributed by atoms with Gasteiger partial charge in [-0.2, -0.15) is 5.10 Å². The summed E-state index contributed by atoms with van der Waals surface area (Å²) in [5.41, 5.74) is 1.76. The molecule has 0 fully saturated rings. The number of nitrogens with one attached hydrogen (secondary N) is 2. The van der Waals surface area contributed by atoms with Gasteiger partial charge in [-0.25, -0.2) is 4.79 Å². The predicted molar refractivity (Wildman–Crippen MR) is 83.5 cm³/mol. The minimum absolute atomic E-state index is 0.0136. The molecule has 116 valence electrons. The highest BCUT2D eigenvalue weighted by Gasteiger charge is 2.11. The van der Waals surface area contributed by atoms with Crippen molar-refractivity contribution in [3.63, 3.8) is 0 Å². The molecule has 0 atom stereocenters. The van der Waals surface area contributed by atoms with Crippen LogP contribution >= 0.6 is 0 Å². The van der Waals surface area contributed by atoms with Crippen molar-refractivity contribution in [1.82, 2.24) is 20.0 Å². The number of benzene rings is 1. The Bertz CT molecular complexity index is 622. The van der Waals surface area contributed by atoms with Gasteiger partial charge in [0.25, 0.3) is 0 Å². The number of urea groups is 1. The smallest absolute Gasteiger partial charge is 0.322 e. The molecule has 0 spiro atoms. The Morgan fingerprint density at radius 2 is 2.00 bits per heavy atom. The largest absolute Gasteiger partial charge is 0.358 e. The fourth-order valence-corrected chi connectivity index (χ4v) is 1.86. The predicted octanol–water partition coefficient (Wildman–Crippen LogP) is 1.14. The second-order valence-electron chi connectivity index (χ2n) is 4.86. The summed E-state index contributed by atoms with van der Waals surface area (Å²) in [7, 11) is 3.10. The van der Waals surface area contributed by atoms with Crippen LogP contribution in [0.2, 0.25) is 0 Å². The summed E-state index contributed by atoms with van der Waals surface area (Å²) in [5.74, 6) is -0.216. The van der Waals surface area contributed by atoms with E-state index in [4.69, 9.17) is 0 Å². The summed E-state index contributed by atoms with van der Waals surface area (Å²) in [4.78, 5) is 24.5. The lowest BCUT2D eigenvalue weighted by Gasteiger charge is -2.17. The van der Waals surface area contributed by atoms with E-state index in [-0.39, 0.29) is 18.5 Å². The molecule has 1 aromatic heterocycles. The van der Waals surface area contributed by atoms with Crippen LogP contribution in [0.3, 0.4) is 0 Å². The SMILES string of the molecule is CNC(=O)CN(C)C(=O)Nc1ccc(Cn2cccn2)cc1. The summed E-state index contributed by atoms with van der Waals surface area (Å²) < 4.78 is 1.82. The lowest BCUT2D eigenvalue weighted by molar-refractivity contribution is -0.120. The molecule has 0 saturated heterocycles. The number of carbonyl (C=O) groups excluding carboxylic acids is 2. The molecule has 1 heterocycles. The van der Waals surface area contributed by atoms with Gasteiger partial charge in [0.05, 0.1) is 6.54 Å². The van der Waals surface area contributed by atoms with Crippen molar-refractivity contribution in [2.24, 2.45) is 0 Å². The molecule has 1 aromatic carbocycles. The third kappa shape index (κ3) is 4.34. The molecular weight excluding hydrogens is 282 g/mol. The molecule has 2 rings (SSSR count). The molecular formula is C15H19N5O2. The summed E-state index contributed by atoms with van der Waals surface area (Å²) in [6.07, 6.45) is 3.63. The number of rotatable bonds is 5. The van der Waals surface area contributed by atoms with Crippen LogP contribution in [0.15, 0.2) is 42.7 Å². The molecule has 0 aliphatic heterocycles. The zero-order chi connectivity index (χ0) is 15.9. The van der Waals surface area contributed by atoms with E-state index >= 15 is 0 Å². The van der Waals surface area contributed by atoms with Crippen molar-refractivity contribution in [3.8, 4) is 0 Å². The number of nitrogens with zero attached hydrogens (tertiary/aromatic N) is 3. The molecule has 0 aliphatic carbocycles. The van der Waals surface area contributed by atoms with Gasteiger partial charge in [-0.1, -0.05) is 12.1 Å². The molecule has 0 aliphatic rings. The van der Waals surface area contributed by atoms with Crippen LogP contribution in [0, 0.1) is 0 Å². The normalized spacial score (nSPS) is 10.1. The average Bonchev–Trinajstić information content (AvgIpc) is 3.02.